The third-order valence-corrected chi connectivity index (χ3v) is 9.12. The predicted octanol–water partition coefficient (Wildman–Crippen LogP) is 6.31. The molecule has 222 valence electrons. The van der Waals surface area contributed by atoms with E-state index in [1.807, 2.05) is 35.8 Å². The van der Waals surface area contributed by atoms with Gasteiger partial charge in [0.15, 0.2) is 5.82 Å². The van der Waals surface area contributed by atoms with E-state index in [1.54, 1.807) is 11.3 Å². The minimum Gasteiger partial charge on any atom is -0.446 e. The molecule has 2 atom stereocenters. The first-order valence-electron chi connectivity index (χ1n) is 14.5. The van der Waals surface area contributed by atoms with Gasteiger partial charge in [0.1, 0.15) is 23.0 Å². The minimum absolute atomic E-state index is 0.0457. The average Bonchev–Trinajstić information content (AvgIpc) is 3.42. The van der Waals surface area contributed by atoms with Crippen molar-refractivity contribution in [3.05, 3.63) is 74.7 Å². The molecule has 11 heteroatoms. The molecule has 3 heterocycles. The van der Waals surface area contributed by atoms with Gasteiger partial charge in [-0.15, -0.1) is 21.5 Å². The topological polar surface area (TPSA) is 110 Å². The number of hydrogen-bond acceptors (Lipinski definition) is 7. The highest BCUT2D eigenvalue weighted by Crippen LogP contribution is 2.39. The number of fused-ring (bicyclic) bond motifs is 3. The lowest BCUT2D eigenvalue weighted by atomic mass is 9.99. The van der Waals surface area contributed by atoms with E-state index >= 15 is 0 Å². The number of aryl methyl sites for hydroxylation is 2. The lowest BCUT2D eigenvalue weighted by molar-refractivity contribution is -0.121. The number of carbonyl (C=O) groups excluding carboxylic acids is 2. The van der Waals surface area contributed by atoms with E-state index in [1.165, 1.54) is 4.88 Å². The quantitative estimate of drug-likeness (QED) is 0.230. The average molecular weight is 609 g/mol. The van der Waals surface area contributed by atoms with Gasteiger partial charge >= 0.3 is 6.09 Å². The first kappa shape index (κ1) is 30.0. The van der Waals surface area contributed by atoms with Gasteiger partial charge in [-0.2, -0.15) is 0 Å². The monoisotopic (exact) mass is 608 g/mol. The molecule has 0 saturated carbocycles. The van der Waals surface area contributed by atoms with Crippen molar-refractivity contribution in [3.8, 4) is 5.00 Å². The molecular formula is C31H37ClN6O3S. The zero-order chi connectivity index (χ0) is 29.6. The third-order valence-electron chi connectivity index (χ3n) is 7.67. The molecule has 0 fully saturated rings. The van der Waals surface area contributed by atoms with Crippen molar-refractivity contribution in [2.24, 2.45) is 4.99 Å². The maximum atomic E-state index is 13.1. The summed E-state index contributed by atoms with van der Waals surface area (Å²) in [6.45, 7) is 6.96. The van der Waals surface area contributed by atoms with Gasteiger partial charge < -0.3 is 15.4 Å². The highest BCUT2D eigenvalue weighted by atomic mass is 35.5. The Morgan fingerprint density at radius 2 is 1.81 bits per heavy atom. The Morgan fingerprint density at radius 3 is 2.62 bits per heavy atom. The van der Waals surface area contributed by atoms with Crippen molar-refractivity contribution in [3.63, 3.8) is 0 Å². The smallest absolute Gasteiger partial charge is 0.407 e. The van der Waals surface area contributed by atoms with Gasteiger partial charge in [-0.05, 0) is 77.0 Å². The second kappa shape index (κ2) is 13.6. The number of thiophene rings is 1. The van der Waals surface area contributed by atoms with Crippen LogP contribution in [-0.2, 0) is 9.53 Å². The number of amides is 2. The highest BCUT2D eigenvalue weighted by Gasteiger charge is 2.32. The Hall–Kier alpha value is -3.50. The number of hydrogen-bond donors (Lipinski definition) is 2. The van der Waals surface area contributed by atoms with Crippen LogP contribution in [-0.4, -0.2) is 51.7 Å². The second-order valence-electron chi connectivity index (χ2n) is 10.7. The largest absolute Gasteiger partial charge is 0.446 e. The molecule has 5 rings (SSSR count). The number of benzene rings is 1. The van der Waals surface area contributed by atoms with Crippen LogP contribution in [0.5, 0.6) is 0 Å². The van der Waals surface area contributed by atoms with E-state index in [2.05, 4.69) is 46.8 Å². The summed E-state index contributed by atoms with van der Waals surface area (Å²) in [5.41, 5.74) is 3.91. The van der Waals surface area contributed by atoms with Crippen molar-refractivity contribution in [1.29, 1.82) is 0 Å². The van der Waals surface area contributed by atoms with E-state index < -0.39 is 12.1 Å². The van der Waals surface area contributed by atoms with E-state index in [0.717, 1.165) is 65.3 Å². The van der Waals surface area contributed by atoms with Gasteiger partial charge in [-0.3, -0.25) is 14.4 Å². The third kappa shape index (κ3) is 6.93. The molecule has 1 unspecified atom stereocenters. The molecule has 0 saturated heterocycles. The van der Waals surface area contributed by atoms with Crippen molar-refractivity contribution in [1.82, 2.24) is 25.4 Å². The van der Waals surface area contributed by atoms with Crippen molar-refractivity contribution in [2.75, 3.05) is 13.1 Å². The standard InChI is InChI=1S/C31H37ClN6O3S/c1-19-20(2)42-30-27(19)28(22-12-14-23(32)15-13-22)35-25(29-37-36-21(3)38(29)30)18-26(39)33-16-9-17-34-31(40)41-24-10-7-5-4-6-8-11-24/h4-5,12-15,24-25H,6-11,16-18H2,1-3H3,(H,33,39)(H,34,40)/b5-4+/t24?,25-/m1/s1. The summed E-state index contributed by atoms with van der Waals surface area (Å²) in [6, 6.07) is 7.10. The van der Waals surface area contributed by atoms with E-state index in [0.29, 0.717) is 30.4 Å². The number of aromatic nitrogens is 3. The fourth-order valence-corrected chi connectivity index (χ4v) is 6.66. The van der Waals surface area contributed by atoms with Crippen LogP contribution in [0.25, 0.3) is 5.00 Å². The van der Waals surface area contributed by atoms with Gasteiger partial charge in [0, 0.05) is 34.1 Å². The van der Waals surface area contributed by atoms with E-state index in [9.17, 15) is 9.59 Å². The zero-order valence-electron chi connectivity index (χ0n) is 24.3. The normalized spacial score (nSPS) is 18.9. The van der Waals surface area contributed by atoms with Crippen LogP contribution >= 0.6 is 22.9 Å². The Bertz CT molecular complexity index is 1490. The van der Waals surface area contributed by atoms with Crippen molar-refractivity contribution in [2.45, 2.75) is 77.9 Å². The number of ether oxygens (including phenoxy) is 1. The van der Waals surface area contributed by atoms with Gasteiger partial charge in [0.2, 0.25) is 5.91 Å². The van der Waals surface area contributed by atoms with E-state index in [4.69, 9.17) is 21.3 Å². The number of rotatable bonds is 8. The van der Waals surface area contributed by atoms with Gasteiger partial charge in [-0.25, -0.2) is 4.79 Å². The summed E-state index contributed by atoms with van der Waals surface area (Å²) in [7, 11) is 0. The summed E-state index contributed by atoms with van der Waals surface area (Å²) in [4.78, 5) is 31.7. The van der Waals surface area contributed by atoms with Gasteiger partial charge in [0.25, 0.3) is 0 Å². The Kier molecular flexibility index (Phi) is 9.74. The van der Waals surface area contributed by atoms with Crippen LogP contribution < -0.4 is 10.6 Å². The Morgan fingerprint density at radius 1 is 1.05 bits per heavy atom. The first-order valence-corrected chi connectivity index (χ1v) is 15.7. The van der Waals surface area contributed by atoms with Gasteiger partial charge in [-0.1, -0.05) is 35.9 Å². The number of halogens is 1. The molecule has 9 nitrogen and oxygen atoms in total. The molecule has 2 aliphatic rings. The van der Waals surface area contributed by atoms with E-state index in [-0.39, 0.29) is 18.4 Å². The SMILES string of the molecule is Cc1sc2c(c1C)C(c1ccc(Cl)cc1)=N[C@H](CC(=O)NCCCNC(=O)OC1CC/C=C/CCC1)c1nnc(C)n1-2. The number of carbonyl (C=O) groups is 2. The molecule has 0 radical (unpaired) electrons. The first-order chi connectivity index (χ1) is 20.3. The molecule has 0 spiro atoms. The summed E-state index contributed by atoms with van der Waals surface area (Å²) in [5.74, 6) is 1.25. The van der Waals surface area contributed by atoms with Crippen molar-refractivity contribution < 1.29 is 14.3 Å². The highest BCUT2D eigenvalue weighted by molar-refractivity contribution is 7.15. The maximum absolute atomic E-state index is 13.1. The number of alkyl carbamates (subject to hydrolysis) is 1. The fraction of sp³-hybridized carbons (Fsp3) is 0.452. The van der Waals surface area contributed by atoms with Crippen LogP contribution in [0.1, 0.15) is 84.2 Å². The molecule has 1 aliphatic heterocycles. The van der Waals surface area contributed by atoms with Crippen LogP contribution in [0.15, 0.2) is 41.4 Å². The molecule has 2 aromatic heterocycles. The molecule has 42 heavy (non-hydrogen) atoms. The zero-order valence-corrected chi connectivity index (χ0v) is 25.9. The summed E-state index contributed by atoms with van der Waals surface area (Å²) < 4.78 is 7.62. The Labute approximate surface area is 255 Å². The summed E-state index contributed by atoms with van der Waals surface area (Å²) in [6.07, 6.45) is 9.33. The number of aliphatic imine (C=N–C) groups is 1. The fourth-order valence-electron chi connectivity index (χ4n) is 5.32. The molecule has 2 N–H and O–H groups in total. The lowest BCUT2D eigenvalue weighted by Crippen LogP contribution is -2.32. The number of nitrogens with one attached hydrogen (secondary N) is 2. The van der Waals surface area contributed by atoms with Crippen LogP contribution in [0.2, 0.25) is 5.02 Å². The van der Waals surface area contributed by atoms with Crippen LogP contribution in [0.4, 0.5) is 4.79 Å². The summed E-state index contributed by atoms with van der Waals surface area (Å²) in [5, 5.41) is 16.2. The predicted molar refractivity (Wildman–Crippen MR) is 166 cm³/mol. The van der Waals surface area contributed by atoms with Crippen LogP contribution in [0.3, 0.4) is 0 Å². The second-order valence-corrected chi connectivity index (χ2v) is 12.4. The molecule has 1 aliphatic carbocycles. The lowest BCUT2D eigenvalue weighted by Gasteiger charge is -2.18. The minimum atomic E-state index is -0.525. The molecule has 2 amide bonds. The molecule has 3 aromatic rings. The molecule has 0 bridgehead atoms. The maximum Gasteiger partial charge on any atom is 0.407 e. The summed E-state index contributed by atoms with van der Waals surface area (Å²) >= 11 is 7.87. The number of nitrogens with zero attached hydrogens (tertiary/aromatic N) is 4. The van der Waals surface area contributed by atoms with Gasteiger partial charge in [0.05, 0.1) is 12.1 Å². The number of allylic oxidation sites excluding steroid dienone is 2. The molecule has 1 aromatic carbocycles. The Balaban J connectivity index is 1.23. The van der Waals surface area contributed by atoms with Crippen molar-refractivity contribution >= 4 is 40.6 Å². The van der Waals surface area contributed by atoms with Crippen LogP contribution in [0, 0.1) is 20.8 Å². The molecular weight excluding hydrogens is 572 g/mol.